The fraction of sp³-hybridized carbons (Fsp3) is 0.632. The van der Waals surface area contributed by atoms with Crippen LogP contribution in [0.15, 0.2) is 24.3 Å². The summed E-state index contributed by atoms with van der Waals surface area (Å²) in [6, 6.07) is 8.64. The molecule has 1 aliphatic heterocycles. The smallest absolute Gasteiger partial charge is 0.222 e. The normalized spacial score (nSPS) is 15.3. The van der Waals surface area contributed by atoms with Gasteiger partial charge in [-0.05, 0) is 55.3 Å². The van der Waals surface area contributed by atoms with Crippen LogP contribution in [-0.2, 0) is 11.3 Å². The number of halogens is 1. The Morgan fingerprint density at radius 2 is 1.83 bits per heavy atom. The summed E-state index contributed by atoms with van der Waals surface area (Å²) >= 11 is 0. The zero-order valence-electron chi connectivity index (χ0n) is 14.7. The van der Waals surface area contributed by atoms with Crippen LogP contribution in [0.2, 0.25) is 0 Å². The Bertz CT molecular complexity index is 467. The second-order valence-electron chi connectivity index (χ2n) is 6.88. The number of hydrogen-bond donors (Lipinski definition) is 1. The van der Waals surface area contributed by atoms with Crippen LogP contribution >= 0.6 is 12.4 Å². The van der Waals surface area contributed by atoms with Gasteiger partial charge < -0.3 is 10.2 Å². The molecule has 1 heterocycles. The summed E-state index contributed by atoms with van der Waals surface area (Å²) < 4.78 is 0. The topological polar surface area (TPSA) is 32.3 Å². The van der Waals surface area contributed by atoms with E-state index in [1.54, 1.807) is 0 Å². The van der Waals surface area contributed by atoms with Crippen LogP contribution in [0.1, 0.15) is 56.6 Å². The summed E-state index contributed by atoms with van der Waals surface area (Å²) in [5.74, 6) is 1.55. The zero-order valence-corrected chi connectivity index (χ0v) is 15.5. The van der Waals surface area contributed by atoms with Crippen LogP contribution in [0.25, 0.3) is 0 Å². The molecule has 130 valence electrons. The Balaban J connectivity index is 0.00000264. The average molecular weight is 339 g/mol. The number of carbonyl (C=O) groups excluding carboxylic acids is 1. The highest BCUT2D eigenvalue weighted by atomic mass is 35.5. The summed E-state index contributed by atoms with van der Waals surface area (Å²) in [5, 5.41) is 3.37. The standard InChI is InChI=1S/C19H30N2O.ClH/c1-15(2)18-7-4-17(5-8-18)14-21(3)19(22)9-6-16-10-12-20-13-11-16;/h4-5,7-8,15-16,20H,6,9-14H2,1-3H3;1H. The Hall–Kier alpha value is -1.06. The Morgan fingerprint density at radius 1 is 1.22 bits per heavy atom. The van der Waals surface area contributed by atoms with Gasteiger partial charge in [0.15, 0.2) is 0 Å². The van der Waals surface area contributed by atoms with Crippen molar-refractivity contribution in [2.45, 2.75) is 52.0 Å². The molecule has 1 fully saturated rings. The molecule has 0 spiro atoms. The first-order valence-corrected chi connectivity index (χ1v) is 8.59. The molecule has 0 bridgehead atoms. The molecule has 23 heavy (non-hydrogen) atoms. The van der Waals surface area contributed by atoms with Gasteiger partial charge >= 0.3 is 0 Å². The molecule has 0 aliphatic carbocycles. The quantitative estimate of drug-likeness (QED) is 0.851. The van der Waals surface area contributed by atoms with Crippen LogP contribution in [0, 0.1) is 5.92 Å². The molecule has 0 aromatic heterocycles. The highest BCUT2D eigenvalue weighted by Gasteiger charge is 2.16. The van der Waals surface area contributed by atoms with Crippen molar-refractivity contribution in [1.29, 1.82) is 0 Å². The van der Waals surface area contributed by atoms with E-state index >= 15 is 0 Å². The minimum absolute atomic E-state index is 0. The van der Waals surface area contributed by atoms with E-state index in [4.69, 9.17) is 0 Å². The molecular weight excluding hydrogens is 308 g/mol. The molecule has 2 rings (SSSR count). The number of carbonyl (C=O) groups is 1. The molecule has 1 amide bonds. The summed E-state index contributed by atoms with van der Waals surface area (Å²) in [5.41, 5.74) is 2.56. The van der Waals surface area contributed by atoms with Gasteiger partial charge in [-0.15, -0.1) is 12.4 Å². The summed E-state index contributed by atoms with van der Waals surface area (Å²) in [4.78, 5) is 14.1. The van der Waals surface area contributed by atoms with Crippen molar-refractivity contribution in [3.05, 3.63) is 35.4 Å². The number of nitrogens with one attached hydrogen (secondary N) is 1. The van der Waals surface area contributed by atoms with E-state index in [0.29, 0.717) is 18.9 Å². The van der Waals surface area contributed by atoms with Gasteiger partial charge in [-0.2, -0.15) is 0 Å². The molecule has 4 heteroatoms. The third-order valence-corrected chi connectivity index (χ3v) is 4.72. The van der Waals surface area contributed by atoms with Crippen LogP contribution < -0.4 is 5.32 Å². The van der Waals surface area contributed by atoms with Gasteiger partial charge in [-0.25, -0.2) is 0 Å². The zero-order chi connectivity index (χ0) is 15.9. The molecule has 1 saturated heterocycles. The first kappa shape index (κ1) is 20.0. The molecule has 1 N–H and O–H groups in total. The minimum Gasteiger partial charge on any atom is -0.341 e. The summed E-state index contributed by atoms with van der Waals surface area (Å²) in [6.45, 7) is 7.33. The predicted octanol–water partition coefficient (Wildman–Crippen LogP) is 3.97. The Morgan fingerprint density at radius 3 is 2.39 bits per heavy atom. The predicted molar refractivity (Wildman–Crippen MR) is 99.1 cm³/mol. The number of benzene rings is 1. The molecule has 0 unspecified atom stereocenters. The molecule has 0 saturated carbocycles. The van der Waals surface area contributed by atoms with E-state index in [1.807, 2.05) is 11.9 Å². The van der Waals surface area contributed by atoms with E-state index in [0.717, 1.165) is 25.4 Å². The maximum absolute atomic E-state index is 12.3. The number of hydrogen-bond acceptors (Lipinski definition) is 2. The number of nitrogens with zero attached hydrogens (tertiary/aromatic N) is 1. The van der Waals surface area contributed by atoms with Crippen molar-refractivity contribution < 1.29 is 4.79 Å². The third-order valence-electron chi connectivity index (χ3n) is 4.72. The largest absolute Gasteiger partial charge is 0.341 e. The lowest BCUT2D eigenvalue weighted by atomic mass is 9.93. The van der Waals surface area contributed by atoms with E-state index in [9.17, 15) is 4.79 Å². The highest BCUT2D eigenvalue weighted by molar-refractivity contribution is 5.85. The van der Waals surface area contributed by atoms with E-state index in [2.05, 4.69) is 43.4 Å². The summed E-state index contributed by atoms with van der Waals surface area (Å²) in [6.07, 6.45) is 4.16. The van der Waals surface area contributed by atoms with Gasteiger partial charge in [-0.1, -0.05) is 38.1 Å². The van der Waals surface area contributed by atoms with Crippen molar-refractivity contribution in [1.82, 2.24) is 10.2 Å². The van der Waals surface area contributed by atoms with Gasteiger partial charge in [0.1, 0.15) is 0 Å². The van der Waals surface area contributed by atoms with E-state index in [-0.39, 0.29) is 18.3 Å². The maximum atomic E-state index is 12.3. The van der Waals surface area contributed by atoms with E-state index in [1.165, 1.54) is 24.0 Å². The number of piperidine rings is 1. The molecule has 1 aromatic carbocycles. The average Bonchev–Trinajstić information content (AvgIpc) is 2.54. The van der Waals surface area contributed by atoms with Gasteiger partial charge in [-0.3, -0.25) is 4.79 Å². The van der Waals surface area contributed by atoms with Gasteiger partial charge in [0.05, 0.1) is 0 Å². The van der Waals surface area contributed by atoms with E-state index < -0.39 is 0 Å². The molecular formula is C19H31ClN2O. The molecule has 0 atom stereocenters. The number of rotatable bonds is 6. The monoisotopic (exact) mass is 338 g/mol. The lowest BCUT2D eigenvalue weighted by molar-refractivity contribution is -0.130. The Kier molecular flexibility index (Phi) is 8.64. The van der Waals surface area contributed by atoms with Crippen molar-refractivity contribution in [3.63, 3.8) is 0 Å². The van der Waals surface area contributed by atoms with Crippen LogP contribution in [0.5, 0.6) is 0 Å². The third kappa shape index (κ3) is 6.52. The second kappa shape index (κ2) is 9.94. The first-order chi connectivity index (χ1) is 10.6. The van der Waals surface area contributed by atoms with Crippen molar-refractivity contribution >= 4 is 18.3 Å². The van der Waals surface area contributed by atoms with Crippen LogP contribution in [-0.4, -0.2) is 30.9 Å². The van der Waals surface area contributed by atoms with Gasteiger partial charge in [0, 0.05) is 20.0 Å². The van der Waals surface area contributed by atoms with Crippen LogP contribution in [0.4, 0.5) is 0 Å². The van der Waals surface area contributed by atoms with Crippen molar-refractivity contribution in [3.8, 4) is 0 Å². The fourth-order valence-corrected chi connectivity index (χ4v) is 3.06. The summed E-state index contributed by atoms with van der Waals surface area (Å²) in [7, 11) is 1.92. The molecule has 0 radical (unpaired) electrons. The lowest BCUT2D eigenvalue weighted by Gasteiger charge is -2.23. The molecule has 1 aliphatic rings. The Labute approximate surface area is 147 Å². The molecule has 1 aromatic rings. The van der Waals surface area contributed by atoms with Crippen molar-refractivity contribution in [2.24, 2.45) is 5.92 Å². The second-order valence-corrected chi connectivity index (χ2v) is 6.88. The van der Waals surface area contributed by atoms with Gasteiger partial charge in [0.2, 0.25) is 5.91 Å². The fourth-order valence-electron chi connectivity index (χ4n) is 3.06. The van der Waals surface area contributed by atoms with Crippen molar-refractivity contribution in [2.75, 3.05) is 20.1 Å². The lowest BCUT2D eigenvalue weighted by Crippen LogP contribution is -2.30. The SMILES string of the molecule is CC(C)c1ccc(CN(C)C(=O)CCC2CCNCC2)cc1.Cl. The number of amides is 1. The molecule has 3 nitrogen and oxygen atoms in total. The van der Waals surface area contributed by atoms with Gasteiger partial charge in [0.25, 0.3) is 0 Å². The minimum atomic E-state index is 0. The maximum Gasteiger partial charge on any atom is 0.222 e. The highest BCUT2D eigenvalue weighted by Crippen LogP contribution is 2.19. The van der Waals surface area contributed by atoms with Crippen LogP contribution in [0.3, 0.4) is 0 Å². The first-order valence-electron chi connectivity index (χ1n) is 8.59.